The summed E-state index contributed by atoms with van der Waals surface area (Å²) in [6.07, 6.45) is 0.542. The standard InChI is InChI=1S/C18H15N3O2S2/c1-2-22-13-7-5-12(6-8-13)18-20-16(23-21-18)10-17-19-14(11-25-17)15-4-3-9-24-15/h3-9,11H,2,10H2,1H3. The average molecular weight is 369 g/mol. The Labute approximate surface area is 152 Å². The van der Waals surface area contributed by atoms with Crippen molar-refractivity contribution in [1.82, 2.24) is 15.1 Å². The molecule has 0 amide bonds. The summed E-state index contributed by atoms with van der Waals surface area (Å²) in [5, 5.41) is 9.14. The first kappa shape index (κ1) is 16.0. The van der Waals surface area contributed by atoms with E-state index in [0.717, 1.165) is 22.0 Å². The lowest BCUT2D eigenvalue weighted by molar-refractivity contribution is 0.340. The Morgan fingerprint density at radius 1 is 1.08 bits per heavy atom. The lowest BCUT2D eigenvalue weighted by atomic mass is 10.2. The monoisotopic (exact) mass is 369 g/mol. The summed E-state index contributed by atoms with van der Waals surface area (Å²) >= 11 is 3.29. The van der Waals surface area contributed by atoms with Crippen molar-refractivity contribution in [3.05, 3.63) is 58.1 Å². The number of aromatic nitrogens is 3. The molecule has 0 N–H and O–H groups in total. The molecule has 0 aliphatic carbocycles. The molecule has 0 saturated carbocycles. The van der Waals surface area contributed by atoms with Gasteiger partial charge in [0.05, 0.1) is 23.6 Å². The molecule has 3 aromatic heterocycles. The van der Waals surface area contributed by atoms with Crippen LogP contribution in [0.25, 0.3) is 22.0 Å². The van der Waals surface area contributed by atoms with Crippen LogP contribution in [0, 0.1) is 0 Å². The van der Waals surface area contributed by atoms with Gasteiger partial charge in [-0.2, -0.15) is 4.98 Å². The quantitative estimate of drug-likeness (QED) is 0.483. The molecule has 4 aromatic rings. The van der Waals surface area contributed by atoms with Crippen LogP contribution in [-0.4, -0.2) is 21.7 Å². The van der Waals surface area contributed by atoms with Crippen LogP contribution in [-0.2, 0) is 6.42 Å². The van der Waals surface area contributed by atoms with Crippen LogP contribution in [0.5, 0.6) is 5.75 Å². The summed E-state index contributed by atoms with van der Waals surface area (Å²) in [5.41, 5.74) is 1.90. The van der Waals surface area contributed by atoms with E-state index in [1.165, 1.54) is 4.88 Å². The summed E-state index contributed by atoms with van der Waals surface area (Å²) in [4.78, 5) is 10.3. The highest BCUT2D eigenvalue weighted by Crippen LogP contribution is 2.27. The SMILES string of the molecule is CCOc1ccc(-c2noc(Cc3nc(-c4cccs4)cs3)n2)cc1. The van der Waals surface area contributed by atoms with E-state index in [1.807, 2.05) is 37.3 Å². The van der Waals surface area contributed by atoms with Gasteiger partial charge in [0, 0.05) is 10.9 Å². The van der Waals surface area contributed by atoms with Crippen LogP contribution < -0.4 is 4.74 Å². The molecule has 0 bridgehead atoms. The van der Waals surface area contributed by atoms with Gasteiger partial charge in [0.1, 0.15) is 10.8 Å². The smallest absolute Gasteiger partial charge is 0.233 e. The second kappa shape index (κ2) is 7.16. The molecule has 0 spiro atoms. The number of benzene rings is 1. The second-order valence-electron chi connectivity index (χ2n) is 5.25. The number of thiazole rings is 1. The van der Waals surface area contributed by atoms with Gasteiger partial charge in [-0.05, 0) is 42.6 Å². The number of nitrogens with zero attached hydrogens (tertiary/aromatic N) is 3. The number of hydrogen-bond acceptors (Lipinski definition) is 7. The molecule has 126 valence electrons. The molecule has 25 heavy (non-hydrogen) atoms. The van der Waals surface area contributed by atoms with Gasteiger partial charge < -0.3 is 9.26 Å². The summed E-state index contributed by atoms with van der Waals surface area (Å²) in [6, 6.07) is 11.8. The van der Waals surface area contributed by atoms with Crippen LogP contribution in [0.4, 0.5) is 0 Å². The molecule has 0 aliphatic heterocycles. The molecule has 7 heteroatoms. The molecular formula is C18H15N3O2S2. The van der Waals surface area contributed by atoms with Gasteiger partial charge in [-0.15, -0.1) is 22.7 Å². The fraction of sp³-hybridized carbons (Fsp3) is 0.167. The van der Waals surface area contributed by atoms with Gasteiger partial charge in [-0.3, -0.25) is 0 Å². The van der Waals surface area contributed by atoms with E-state index in [0.29, 0.717) is 24.7 Å². The Hall–Kier alpha value is -2.51. The Morgan fingerprint density at radius 3 is 2.72 bits per heavy atom. The van der Waals surface area contributed by atoms with Crippen molar-refractivity contribution in [2.75, 3.05) is 6.61 Å². The first-order valence-electron chi connectivity index (χ1n) is 7.86. The summed E-state index contributed by atoms with van der Waals surface area (Å²) < 4.78 is 10.8. The molecule has 1 aromatic carbocycles. The molecular weight excluding hydrogens is 354 g/mol. The van der Waals surface area contributed by atoms with Gasteiger partial charge in [-0.1, -0.05) is 11.2 Å². The molecule has 0 aliphatic rings. The predicted octanol–water partition coefficient (Wildman–Crippen LogP) is 4.91. The van der Waals surface area contributed by atoms with Crippen LogP contribution >= 0.6 is 22.7 Å². The van der Waals surface area contributed by atoms with Crippen molar-refractivity contribution in [2.45, 2.75) is 13.3 Å². The van der Waals surface area contributed by atoms with Gasteiger partial charge in [0.2, 0.25) is 11.7 Å². The van der Waals surface area contributed by atoms with Gasteiger partial charge in [-0.25, -0.2) is 4.98 Å². The minimum absolute atomic E-state index is 0.542. The van der Waals surface area contributed by atoms with E-state index in [4.69, 9.17) is 9.26 Å². The third-order valence-electron chi connectivity index (χ3n) is 3.52. The number of rotatable bonds is 6. The van der Waals surface area contributed by atoms with E-state index in [1.54, 1.807) is 22.7 Å². The third-order valence-corrected chi connectivity index (χ3v) is 5.26. The van der Waals surface area contributed by atoms with Gasteiger partial charge in [0.15, 0.2) is 0 Å². The zero-order valence-electron chi connectivity index (χ0n) is 13.5. The Morgan fingerprint density at radius 2 is 1.96 bits per heavy atom. The van der Waals surface area contributed by atoms with Crippen molar-refractivity contribution in [1.29, 1.82) is 0 Å². The number of hydrogen-bond donors (Lipinski definition) is 0. The topological polar surface area (TPSA) is 61.0 Å². The normalized spacial score (nSPS) is 10.9. The highest BCUT2D eigenvalue weighted by atomic mass is 32.1. The number of ether oxygens (including phenoxy) is 1. The largest absolute Gasteiger partial charge is 0.494 e. The van der Waals surface area contributed by atoms with E-state index in [9.17, 15) is 0 Å². The Kier molecular flexibility index (Phi) is 4.58. The minimum atomic E-state index is 0.542. The summed E-state index contributed by atoms with van der Waals surface area (Å²) in [5.74, 6) is 1.97. The molecule has 0 fully saturated rings. The summed E-state index contributed by atoms with van der Waals surface area (Å²) in [7, 11) is 0. The van der Waals surface area contributed by atoms with Gasteiger partial charge >= 0.3 is 0 Å². The van der Waals surface area contributed by atoms with E-state index < -0.39 is 0 Å². The van der Waals surface area contributed by atoms with Gasteiger partial charge in [0.25, 0.3) is 0 Å². The average Bonchev–Trinajstić information content (AvgIpc) is 3.38. The van der Waals surface area contributed by atoms with Crippen LogP contribution in [0.3, 0.4) is 0 Å². The maximum absolute atomic E-state index is 5.44. The lowest BCUT2D eigenvalue weighted by Crippen LogP contribution is -1.91. The maximum atomic E-state index is 5.44. The molecule has 0 radical (unpaired) electrons. The first-order chi connectivity index (χ1) is 12.3. The minimum Gasteiger partial charge on any atom is -0.494 e. The molecule has 5 nitrogen and oxygen atoms in total. The molecule has 0 atom stereocenters. The van der Waals surface area contributed by atoms with Crippen molar-refractivity contribution in [2.24, 2.45) is 0 Å². The van der Waals surface area contributed by atoms with Crippen molar-refractivity contribution < 1.29 is 9.26 Å². The summed E-state index contributed by atoms with van der Waals surface area (Å²) in [6.45, 7) is 2.61. The zero-order valence-corrected chi connectivity index (χ0v) is 15.1. The number of thiophene rings is 1. The van der Waals surface area contributed by atoms with E-state index in [-0.39, 0.29) is 0 Å². The molecule has 0 saturated heterocycles. The van der Waals surface area contributed by atoms with E-state index in [2.05, 4.69) is 32.0 Å². The predicted molar refractivity (Wildman–Crippen MR) is 99.1 cm³/mol. The van der Waals surface area contributed by atoms with Crippen molar-refractivity contribution in [3.8, 4) is 27.7 Å². The fourth-order valence-electron chi connectivity index (χ4n) is 2.37. The molecule has 4 rings (SSSR count). The molecule has 3 heterocycles. The fourth-order valence-corrected chi connectivity index (χ4v) is 3.92. The highest BCUT2D eigenvalue weighted by molar-refractivity contribution is 7.14. The lowest BCUT2D eigenvalue weighted by Gasteiger charge is -2.02. The van der Waals surface area contributed by atoms with Crippen molar-refractivity contribution >= 4 is 22.7 Å². The van der Waals surface area contributed by atoms with E-state index >= 15 is 0 Å². The maximum Gasteiger partial charge on any atom is 0.233 e. The molecule has 0 unspecified atom stereocenters. The highest BCUT2D eigenvalue weighted by Gasteiger charge is 2.12. The van der Waals surface area contributed by atoms with Crippen LogP contribution in [0.2, 0.25) is 0 Å². The van der Waals surface area contributed by atoms with Crippen LogP contribution in [0.1, 0.15) is 17.8 Å². The van der Waals surface area contributed by atoms with Crippen LogP contribution in [0.15, 0.2) is 51.7 Å². The first-order valence-corrected chi connectivity index (χ1v) is 9.62. The zero-order chi connectivity index (χ0) is 17.1. The second-order valence-corrected chi connectivity index (χ2v) is 7.14. The Bertz CT molecular complexity index is 943. The third kappa shape index (κ3) is 3.62. The van der Waals surface area contributed by atoms with Crippen molar-refractivity contribution in [3.63, 3.8) is 0 Å². The Balaban J connectivity index is 1.48.